The highest BCUT2D eigenvalue weighted by molar-refractivity contribution is 6.37. The molecule has 2 fully saturated rings. The summed E-state index contributed by atoms with van der Waals surface area (Å²) in [6.07, 6.45) is 2.23. The minimum atomic E-state index is -4.23. The van der Waals surface area contributed by atoms with Crippen molar-refractivity contribution in [3.8, 4) is 5.75 Å². The van der Waals surface area contributed by atoms with E-state index in [9.17, 15) is 18.0 Å². The zero-order valence-corrected chi connectivity index (χ0v) is 21.8. The van der Waals surface area contributed by atoms with Gasteiger partial charge in [-0.1, -0.05) is 54.6 Å². The molecule has 0 heterocycles. The molecule has 0 amide bonds. The Kier molecular flexibility index (Phi) is 8.45. The average Bonchev–Trinajstić information content (AvgIpc) is 2.88. The standard InChI is InChI=1S/C28H31Cl2F3O3/c1-35-26(34)19-7-9-20(10-8-19)27(13-11-21(12-14-27)28(31,32)33)22-15-23(29)25(24(30)16-22)36-17-18-5-3-2-4-6-18/h7-10,15-16,18,21H,2-6,11-14,17H2,1H3. The van der Waals surface area contributed by atoms with E-state index in [2.05, 4.69) is 0 Å². The normalized spacial score (nSPS) is 23.3. The van der Waals surface area contributed by atoms with Gasteiger partial charge < -0.3 is 9.47 Å². The Morgan fingerprint density at radius 1 is 0.944 bits per heavy atom. The van der Waals surface area contributed by atoms with Gasteiger partial charge in [-0.25, -0.2) is 4.79 Å². The van der Waals surface area contributed by atoms with Crippen molar-refractivity contribution < 1.29 is 27.4 Å². The van der Waals surface area contributed by atoms with Crippen LogP contribution in [0.2, 0.25) is 10.0 Å². The lowest BCUT2D eigenvalue weighted by Crippen LogP contribution is -2.37. The summed E-state index contributed by atoms with van der Waals surface area (Å²) < 4.78 is 51.3. The quantitative estimate of drug-likeness (QED) is 0.342. The second-order valence-corrected chi connectivity index (χ2v) is 10.9. The van der Waals surface area contributed by atoms with Crippen LogP contribution in [0.25, 0.3) is 0 Å². The van der Waals surface area contributed by atoms with Crippen LogP contribution in [0.4, 0.5) is 13.2 Å². The molecule has 3 nitrogen and oxygen atoms in total. The molecule has 2 aliphatic carbocycles. The SMILES string of the molecule is COC(=O)c1ccc(C2(c3cc(Cl)c(OCC4CCCCC4)c(Cl)c3)CCC(C(F)(F)F)CC2)cc1. The predicted molar refractivity (Wildman–Crippen MR) is 135 cm³/mol. The molecular formula is C28H31Cl2F3O3. The number of hydrogen-bond donors (Lipinski definition) is 0. The van der Waals surface area contributed by atoms with Crippen LogP contribution in [0.15, 0.2) is 36.4 Å². The van der Waals surface area contributed by atoms with Gasteiger partial charge in [0.15, 0.2) is 5.75 Å². The van der Waals surface area contributed by atoms with Gasteiger partial charge in [-0.3, -0.25) is 0 Å². The molecule has 0 spiro atoms. The van der Waals surface area contributed by atoms with Crippen molar-refractivity contribution in [2.75, 3.05) is 13.7 Å². The zero-order valence-electron chi connectivity index (χ0n) is 20.3. The van der Waals surface area contributed by atoms with E-state index in [4.69, 9.17) is 32.7 Å². The molecule has 0 aliphatic heterocycles. The Morgan fingerprint density at radius 2 is 1.53 bits per heavy atom. The molecule has 2 saturated carbocycles. The molecule has 0 bridgehead atoms. The molecule has 2 aliphatic rings. The first kappa shape index (κ1) is 27.1. The molecule has 0 unspecified atom stereocenters. The van der Waals surface area contributed by atoms with Gasteiger partial charge in [0.25, 0.3) is 0 Å². The van der Waals surface area contributed by atoms with Gasteiger partial charge in [0.05, 0.1) is 35.2 Å². The van der Waals surface area contributed by atoms with Crippen molar-refractivity contribution in [1.29, 1.82) is 0 Å². The maximum atomic E-state index is 13.5. The number of rotatable bonds is 6. The topological polar surface area (TPSA) is 35.5 Å². The van der Waals surface area contributed by atoms with Crippen molar-refractivity contribution in [3.63, 3.8) is 0 Å². The van der Waals surface area contributed by atoms with Crippen molar-refractivity contribution >= 4 is 29.2 Å². The molecular weight excluding hydrogens is 512 g/mol. The number of ether oxygens (including phenoxy) is 2. The third-order valence-electron chi connectivity index (χ3n) is 7.90. The Bertz CT molecular complexity index is 1030. The summed E-state index contributed by atoms with van der Waals surface area (Å²) in [5.41, 5.74) is 1.24. The molecule has 0 saturated heterocycles. The third-order valence-corrected chi connectivity index (χ3v) is 8.46. The molecule has 8 heteroatoms. The number of alkyl halides is 3. The second kappa shape index (κ2) is 11.2. The van der Waals surface area contributed by atoms with Crippen LogP contribution in [0, 0.1) is 11.8 Å². The largest absolute Gasteiger partial charge is 0.490 e. The molecule has 0 radical (unpaired) electrons. The molecule has 196 valence electrons. The number of carbonyl (C=O) groups excluding carboxylic acids is 1. The van der Waals surface area contributed by atoms with Gasteiger partial charge in [-0.05, 0) is 79.8 Å². The minimum Gasteiger partial charge on any atom is -0.490 e. The lowest BCUT2D eigenvalue weighted by molar-refractivity contribution is -0.184. The van der Waals surface area contributed by atoms with Gasteiger partial charge in [-0.2, -0.15) is 13.2 Å². The Balaban J connectivity index is 1.66. The highest BCUT2D eigenvalue weighted by Crippen LogP contribution is 2.52. The molecule has 36 heavy (non-hydrogen) atoms. The highest BCUT2D eigenvalue weighted by Gasteiger charge is 2.47. The smallest absolute Gasteiger partial charge is 0.391 e. The summed E-state index contributed by atoms with van der Waals surface area (Å²) >= 11 is 13.3. The van der Waals surface area contributed by atoms with Gasteiger partial charge in [-0.15, -0.1) is 0 Å². The summed E-state index contributed by atoms with van der Waals surface area (Å²) in [5.74, 6) is -0.915. The predicted octanol–water partition coefficient (Wildman–Crippen LogP) is 8.78. The van der Waals surface area contributed by atoms with Crippen molar-refractivity contribution in [2.24, 2.45) is 11.8 Å². The van der Waals surface area contributed by atoms with Crippen LogP contribution in [0.1, 0.15) is 79.3 Å². The first-order chi connectivity index (χ1) is 17.1. The average molecular weight is 543 g/mol. The van der Waals surface area contributed by atoms with E-state index in [-0.39, 0.29) is 25.7 Å². The van der Waals surface area contributed by atoms with E-state index in [1.807, 2.05) is 0 Å². The zero-order chi connectivity index (χ0) is 25.9. The summed E-state index contributed by atoms with van der Waals surface area (Å²) in [6, 6.07) is 10.4. The van der Waals surface area contributed by atoms with Crippen LogP contribution in [0.5, 0.6) is 5.75 Å². The van der Waals surface area contributed by atoms with E-state index in [1.165, 1.54) is 26.4 Å². The number of esters is 1. The summed E-state index contributed by atoms with van der Waals surface area (Å²) in [6.45, 7) is 0.548. The number of carbonyl (C=O) groups is 1. The van der Waals surface area contributed by atoms with Crippen molar-refractivity contribution in [2.45, 2.75) is 69.4 Å². The fourth-order valence-electron chi connectivity index (χ4n) is 5.75. The van der Waals surface area contributed by atoms with Crippen molar-refractivity contribution in [3.05, 3.63) is 63.1 Å². The van der Waals surface area contributed by atoms with E-state index in [1.54, 1.807) is 36.4 Å². The van der Waals surface area contributed by atoms with E-state index in [0.717, 1.165) is 24.0 Å². The van der Waals surface area contributed by atoms with E-state index >= 15 is 0 Å². The molecule has 0 N–H and O–H groups in total. The Morgan fingerprint density at radius 3 is 2.06 bits per heavy atom. The number of halogens is 5. The summed E-state index contributed by atoms with van der Waals surface area (Å²) in [4.78, 5) is 11.9. The van der Waals surface area contributed by atoms with Gasteiger partial charge in [0.2, 0.25) is 0 Å². The molecule has 2 aromatic rings. The lowest BCUT2D eigenvalue weighted by Gasteiger charge is -2.42. The van der Waals surface area contributed by atoms with Crippen LogP contribution in [-0.4, -0.2) is 25.9 Å². The maximum Gasteiger partial charge on any atom is 0.391 e. The van der Waals surface area contributed by atoms with Crippen LogP contribution in [0.3, 0.4) is 0 Å². The first-order valence-corrected chi connectivity index (χ1v) is 13.3. The van der Waals surface area contributed by atoms with Crippen LogP contribution < -0.4 is 4.74 Å². The van der Waals surface area contributed by atoms with Gasteiger partial charge in [0, 0.05) is 5.41 Å². The third kappa shape index (κ3) is 5.80. The first-order valence-electron chi connectivity index (χ1n) is 12.5. The van der Waals surface area contributed by atoms with Crippen LogP contribution in [-0.2, 0) is 10.2 Å². The van der Waals surface area contributed by atoms with Crippen LogP contribution >= 0.6 is 23.2 Å². The highest BCUT2D eigenvalue weighted by atomic mass is 35.5. The molecule has 4 rings (SSSR count). The monoisotopic (exact) mass is 542 g/mol. The van der Waals surface area contributed by atoms with E-state index in [0.29, 0.717) is 33.9 Å². The molecule has 0 atom stereocenters. The number of hydrogen-bond acceptors (Lipinski definition) is 3. The number of methoxy groups -OCH3 is 1. The Labute approximate surface area is 220 Å². The van der Waals surface area contributed by atoms with Crippen molar-refractivity contribution in [1.82, 2.24) is 0 Å². The molecule has 2 aromatic carbocycles. The van der Waals surface area contributed by atoms with Gasteiger partial charge in [0.1, 0.15) is 0 Å². The second-order valence-electron chi connectivity index (χ2n) is 10.1. The van der Waals surface area contributed by atoms with Gasteiger partial charge >= 0.3 is 12.1 Å². The summed E-state index contributed by atoms with van der Waals surface area (Å²) in [7, 11) is 1.30. The lowest BCUT2D eigenvalue weighted by atomic mass is 9.63. The Hall–Kier alpha value is -1.92. The fourth-order valence-corrected chi connectivity index (χ4v) is 6.35. The fraction of sp³-hybridized carbons (Fsp3) is 0.536. The number of benzene rings is 2. The maximum absolute atomic E-state index is 13.5. The molecule has 0 aromatic heterocycles. The minimum absolute atomic E-state index is 0.00256. The summed E-state index contributed by atoms with van der Waals surface area (Å²) in [5, 5.41) is 0.716. The van der Waals surface area contributed by atoms with E-state index < -0.39 is 23.5 Å².